The number of nitrogens with two attached hydrogens (primary N) is 1. The van der Waals surface area contributed by atoms with Crippen molar-refractivity contribution in [1.29, 1.82) is 0 Å². The predicted octanol–water partition coefficient (Wildman–Crippen LogP) is 4.13. The molecule has 0 saturated heterocycles. The fraction of sp³-hybridized carbons (Fsp3) is 0.632. The van der Waals surface area contributed by atoms with Crippen LogP contribution in [0, 0.1) is 5.92 Å². The summed E-state index contributed by atoms with van der Waals surface area (Å²) >= 11 is 0. The van der Waals surface area contributed by atoms with E-state index in [1.54, 1.807) is 0 Å². The first-order valence-electron chi connectivity index (χ1n) is 8.77. The summed E-state index contributed by atoms with van der Waals surface area (Å²) in [5.74, 6) is 1.36. The largest absolute Gasteiger partial charge is 0.492 e. The van der Waals surface area contributed by atoms with Crippen LogP contribution in [0.2, 0.25) is 0 Å². The van der Waals surface area contributed by atoms with Crippen LogP contribution in [-0.2, 0) is 11.2 Å². The van der Waals surface area contributed by atoms with Gasteiger partial charge in [0.05, 0.1) is 12.3 Å². The van der Waals surface area contributed by atoms with Gasteiger partial charge in [0, 0.05) is 12.5 Å². The first-order valence-corrected chi connectivity index (χ1v) is 8.77. The van der Waals surface area contributed by atoms with E-state index in [9.17, 15) is 4.79 Å². The minimum atomic E-state index is 0.0389. The SMILES string of the molecule is CCCCC(=O)Nc1ccc(CC(N)CC(C)C)cc1OCC. The van der Waals surface area contributed by atoms with Crippen LogP contribution in [0.15, 0.2) is 18.2 Å². The third-order valence-electron chi connectivity index (χ3n) is 3.65. The van der Waals surface area contributed by atoms with Crippen molar-refractivity contribution in [3.8, 4) is 5.75 Å². The second-order valence-corrected chi connectivity index (χ2v) is 6.51. The summed E-state index contributed by atoms with van der Waals surface area (Å²) < 4.78 is 5.69. The molecule has 0 fully saturated rings. The predicted molar refractivity (Wildman–Crippen MR) is 96.9 cm³/mol. The number of hydrogen-bond donors (Lipinski definition) is 2. The van der Waals surface area contributed by atoms with Crippen LogP contribution in [0.1, 0.15) is 58.9 Å². The van der Waals surface area contributed by atoms with E-state index in [0.29, 0.717) is 18.9 Å². The van der Waals surface area contributed by atoms with Gasteiger partial charge in [-0.05, 0) is 49.8 Å². The average Bonchev–Trinajstić information content (AvgIpc) is 2.47. The summed E-state index contributed by atoms with van der Waals surface area (Å²) in [6.45, 7) is 8.95. The Kier molecular flexibility index (Phi) is 8.70. The van der Waals surface area contributed by atoms with E-state index in [-0.39, 0.29) is 11.9 Å². The Hall–Kier alpha value is -1.55. The summed E-state index contributed by atoms with van der Waals surface area (Å²) in [6, 6.07) is 6.10. The van der Waals surface area contributed by atoms with Gasteiger partial charge in [0.25, 0.3) is 0 Å². The maximum absolute atomic E-state index is 11.9. The number of hydrogen-bond acceptors (Lipinski definition) is 3. The van der Waals surface area contributed by atoms with Gasteiger partial charge in [-0.25, -0.2) is 0 Å². The maximum Gasteiger partial charge on any atom is 0.224 e. The minimum Gasteiger partial charge on any atom is -0.492 e. The molecular formula is C19H32N2O2. The molecule has 1 rings (SSSR count). The van der Waals surface area contributed by atoms with Crippen molar-refractivity contribution < 1.29 is 9.53 Å². The molecule has 0 aliphatic rings. The second kappa shape index (κ2) is 10.3. The van der Waals surface area contributed by atoms with Crippen LogP contribution in [-0.4, -0.2) is 18.6 Å². The average molecular weight is 320 g/mol. The Bertz CT molecular complexity index is 486. The molecule has 0 aliphatic carbocycles. The van der Waals surface area contributed by atoms with Gasteiger partial charge in [0.2, 0.25) is 5.91 Å². The molecule has 0 spiro atoms. The highest BCUT2D eigenvalue weighted by Gasteiger charge is 2.11. The van der Waals surface area contributed by atoms with Crippen molar-refractivity contribution in [2.24, 2.45) is 11.7 Å². The van der Waals surface area contributed by atoms with Gasteiger partial charge in [0.1, 0.15) is 5.75 Å². The Morgan fingerprint density at radius 3 is 2.65 bits per heavy atom. The van der Waals surface area contributed by atoms with Crippen LogP contribution in [0.3, 0.4) is 0 Å². The molecule has 1 aromatic carbocycles. The van der Waals surface area contributed by atoms with Crippen molar-refractivity contribution in [3.05, 3.63) is 23.8 Å². The molecule has 4 heteroatoms. The number of anilines is 1. The van der Waals surface area contributed by atoms with Crippen molar-refractivity contribution in [1.82, 2.24) is 0 Å². The molecule has 1 aromatic rings. The van der Waals surface area contributed by atoms with Crippen LogP contribution in [0.5, 0.6) is 5.75 Å². The number of rotatable bonds is 10. The first kappa shape index (κ1) is 19.5. The number of carbonyl (C=O) groups excluding carboxylic acids is 1. The van der Waals surface area contributed by atoms with E-state index in [2.05, 4.69) is 26.1 Å². The summed E-state index contributed by atoms with van der Waals surface area (Å²) in [4.78, 5) is 11.9. The summed E-state index contributed by atoms with van der Waals surface area (Å²) in [6.07, 6.45) is 4.28. The lowest BCUT2D eigenvalue weighted by Gasteiger charge is -2.17. The Balaban J connectivity index is 2.78. The van der Waals surface area contributed by atoms with Crippen molar-refractivity contribution in [2.75, 3.05) is 11.9 Å². The number of benzene rings is 1. The zero-order valence-corrected chi connectivity index (χ0v) is 15.0. The number of amides is 1. The minimum absolute atomic E-state index is 0.0389. The molecule has 0 bridgehead atoms. The zero-order valence-electron chi connectivity index (χ0n) is 15.0. The molecule has 1 atom stereocenters. The van der Waals surface area contributed by atoms with Crippen LogP contribution in [0.25, 0.3) is 0 Å². The molecule has 4 nitrogen and oxygen atoms in total. The van der Waals surface area contributed by atoms with E-state index in [4.69, 9.17) is 10.5 Å². The fourth-order valence-electron chi connectivity index (χ4n) is 2.61. The molecule has 0 aromatic heterocycles. The fourth-order valence-corrected chi connectivity index (χ4v) is 2.61. The maximum atomic E-state index is 11.9. The van der Waals surface area contributed by atoms with E-state index in [1.165, 1.54) is 0 Å². The number of nitrogens with one attached hydrogen (secondary N) is 1. The summed E-state index contributed by atoms with van der Waals surface area (Å²) in [5.41, 5.74) is 8.08. The van der Waals surface area contributed by atoms with Crippen molar-refractivity contribution in [2.45, 2.75) is 65.8 Å². The zero-order chi connectivity index (χ0) is 17.2. The Labute approximate surface area is 140 Å². The van der Waals surface area contributed by atoms with E-state index in [1.807, 2.05) is 25.1 Å². The van der Waals surface area contributed by atoms with E-state index in [0.717, 1.165) is 42.7 Å². The smallest absolute Gasteiger partial charge is 0.224 e. The van der Waals surface area contributed by atoms with Gasteiger partial charge < -0.3 is 15.8 Å². The monoisotopic (exact) mass is 320 g/mol. The van der Waals surface area contributed by atoms with Gasteiger partial charge >= 0.3 is 0 Å². The molecule has 0 radical (unpaired) electrons. The number of carbonyl (C=O) groups is 1. The lowest BCUT2D eigenvalue weighted by molar-refractivity contribution is -0.116. The third kappa shape index (κ3) is 7.51. The molecule has 0 saturated carbocycles. The van der Waals surface area contributed by atoms with Crippen LogP contribution in [0.4, 0.5) is 5.69 Å². The van der Waals surface area contributed by atoms with E-state index < -0.39 is 0 Å². The topological polar surface area (TPSA) is 64.4 Å². The summed E-state index contributed by atoms with van der Waals surface area (Å²) in [7, 11) is 0. The highest BCUT2D eigenvalue weighted by Crippen LogP contribution is 2.27. The van der Waals surface area contributed by atoms with Gasteiger partial charge in [-0.3, -0.25) is 4.79 Å². The molecule has 130 valence electrons. The highest BCUT2D eigenvalue weighted by atomic mass is 16.5. The number of ether oxygens (including phenoxy) is 1. The molecule has 23 heavy (non-hydrogen) atoms. The van der Waals surface area contributed by atoms with Crippen molar-refractivity contribution >= 4 is 11.6 Å². The quantitative estimate of drug-likeness (QED) is 0.681. The van der Waals surface area contributed by atoms with Gasteiger partial charge in [-0.1, -0.05) is 33.3 Å². The van der Waals surface area contributed by atoms with Gasteiger partial charge in [0.15, 0.2) is 0 Å². The van der Waals surface area contributed by atoms with Crippen molar-refractivity contribution in [3.63, 3.8) is 0 Å². The van der Waals surface area contributed by atoms with Crippen LogP contribution >= 0.6 is 0 Å². The highest BCUT2D eigenvalue weighted by molar-refractivity contribution is 5.92. The number of unbranched alkanes of at least 4 members (excludes halogenated alkanes) is 1. The summed E-state index contributed by atoms with van der Waals surface area (Å²) in [5, 5.41) is 2.95. The lowest BCUT2D eigenvalue weighted by Crippen LogP contribution is -2.24. The standard InChI is InChI=1S/C19H32N2O2/c1-5-7-8-19(22)21-17-10-9-15(13-18(17)23-6-2)12-16(20)11-14(3)4/h9-10,13-14,16H,5-8,11-12,20H2,1-4H3,(H,21,22). The third-order valence-corrected chi connectivity index (χ3v) is 3.65. The van der Waals surface area contributed by atoms with Gasteiger partial charge in [-0.2, -0.15) is 0 Å². The molecular weight excluding hydrogens is 288 g/mol. The Morgan fingerprint density at radius 2 is 2.04 bits per heavy atom. The molecule has 1 unspecified atom stereocenters. The van der Waals surface area contributed by atoms with Crippen LogP contribution < -0.4 is 15.8 Å². The second-order valence-electron chi connectivity index (χ2n) is 6.51. The molecule has 0 heterocycles. The molecule has 0 aliphatic heterocycles. The molecule has 1 amide bonds. The molecule has 3 N–H and O–H groups in total. The lowest BCUT2D eigenvalue weighted by atomic mass is 9.98. The van der Waals surface area contributed by atoms with Gasteiger partial charge in [-0.15, -0.1) is 0 Å². The normalized spacial score (nSPS) is 12.3. The Morgan fingerprint density at radius 1 is 1.30 bits per heavy atom. The van der Waals surface area contributed by atoms with E-state index >= 15 is 0 Å². The first-order chi connectivity index (χ1) is 11.0.